The van der Waals surface area contributed by atoms with Crippen molar-refractivity contribution >= 4 is 29.2 Å². The summed E-state index contributed by atoms with van der Waals surface area (Å²) in [7, 11) is 0. The Morgan fingerprint density at radius 1 is 1.50 bits per heavy atom. The molecule has 0 spiro atoms. The van der Waals surface area contributed by atoms with Crippen LogP contribution in [0.2, 0.25) is 0 Å². The molecule has 0 unspecified atom stereocenters. The third kappa shape index (κ3) is 1.81. The maximum absolute atomic E-state index is 11.5. The molecule has 0 saturated heterocycles. The van der Waals surface area contributed by atoms with Gasteiger partial charge in [-0.3, -0.25) is 0 Å². The Morgan fingerprint density at radius 2 is 2.25 bits per heavy atom. The van der Waals surface area contributed by atoms with Gasteiger partial charge >= 0.3 is 6.09 Å². The number of hydrogen-bond acceptors (Lipinski definition) is 4. The highest BCUT2D eigenvalue weighted by Gasteiger charge is 2.07. The maximum atomic E-state index is 11.5. The highest BCUT2D eigenvalue weighted by atomic mass is 32.1. The first-order chi connectivity index (χ1) is 7.74. The van der Waals surface area contributed by atoms with Crippen LogP contribution in [0.5, 0.6) is 0 Å². The van der Waals surface area contributed by atoms with Crippen molar-refractivity contribution in [3.8, 4) is 0 Å². The molecular weight excluding hydrogens is 224 g/mol. The van der Waals surface area contributed by atoms with Crippen LogP contribution in [0.25, 0.3) is 10.9 Å². The molecule has 4 nitrogen and oxygen atoms in total. The van der Waals surface area contributed by atoms with Crippen LogP contribution in [-0.2, 0) is 4.74 Å². The van der Waals surface area contributed by atoms with Crippen molar-refractivity contribution in [3.05, 3.63) is 35.2 Å². The van der Waals surface area contributed by atoms with E-state index in [4.69, 9.17) is 17.0 Å². The van der Waals surface area contributed by atoms with Gasteiger partial charge in [0.25, 0.3) is 0 Å². The van der Waals surface area contributed by atoms with E-state index in [1.807, 2.05) is 24.3 Å². The molecule has 0 N–H and O–H groups in total. The predicted molar refractivity (Wildman–Crippen MR) is 63.0 cm³/mol. The van der Waals surface area contributed by atoms with Crippen LogP contribution in [0.15, 0.2) is 30.6 Å². The van der Waals surface area contributed by atoms with E-state index in [2.05, 4.69) is 4.98 Å². The Balaban J connectivity index is 2.61. The highest BCUT2D eigenvalue weighted by Crippen LogP contribution is 2.12. The summed E-state index contributed by atoms with van der Waals surface area (Å²) in [6, 6.07) is 7.41. The number of benzene rings is 1. The number of aromatic nitrogens is 2. The maximum Gasteiger partial charge on any atom is 0.420 e. The Bertz CT molecular complexity index is 592. The Kier molecular flexibility index (Phi) is 2.96. The van der Waals surface area contributed by atoms with Crippen molar-refractivity contribution in [1.29, 1.82) is 0 Å². The smallest absolute Gasteiger partial charge is 0.420 e. The molecule has 0 saturated carbocycles. The summed E-state index contributed by atoms with van der Waals surface area (Å²) in [6.45, 7) is 2.06. The van der Waals surface area contributed by atoms with E-state index in [-0.39, 0.29) is 0 Å². The predicted octanol–water partition coefficient (Wildman–Crippen LogP) is 2.77. The van der Waals surface area contributed by atoms with E-state index in [1.165, 1.54) is 10.9 Å². The average Bonchev–Trinajstić information content (AvgIpc) is 2.30. The lowest BCUT2D eigenvalue weighted by Gasteiger charge is -2.06. The number of carbonyl (C=O) groups excluding carboxylic acids is 1. The van der Waals surface area contributed by atoms with Gasteiger partial charge in [-0.25, -0.2) is 14.3 Å². The topological polar surface area (TPSA) is 44.1 Å². The van der Waals surface area contributed by atoms with Gasteiger partial charge < -0.3 is 4.74 Å². The number of hydrogen-bond donors (Lipinski definition) is 0. The summed E-state index contributed by atoms with van der Waals surface area (Å²) in [5.74, 6) is 0. The highest BCUT2D eigenvalue weighted by molar-refractivity contribution is 7.71. The number of carbonyl (C=O) groups is 1. The summed E-state index contributed by atoms with van der Waals surface area (Å²) < 4.78 is 6.53. The first-order valence-electron chi connectivity index (χ1n) is 4.87. The molecule has 0 aliphatic carbocycles. The molecule has 1 aromatic heterocycles. The van der Waals surface area contributed by atoms with Crippen LogP contribution in [0.4, 0.5) is 4.79 Å². The van der Waals surface area contributed by atoms with Crippen LogP contribution < -0.4 is 0 Å². The minimum atomic E-state index is -0.495. The second-order valence-electron chi connectivity index (χ2n) is 3.14. The standard InChI is InChI=1S/C11H10N2O2S/c1-2-15-11(14)13-7-12-9-6-4-3-5-8(9)10(13)16/h3-7H,2H2,1H3. The van der Waals surface area contributed by atoms with Gasteiger partial charge in [-0.2, -0.15) is 0 Å². The van der Waals surface area contributed by atoms with Gasteiger partial charge in [0.05, 0.1) is 12.1 Å². The lowest BCUT2D eigenvalue weighted by Crippen LogP contribution is -2.15. The quantitative estimate of drug-likeness (QED) is 0.712. The van der Waals surface area contributed by atoms with Crippen LogP contribution in [0, 0.1) is 4.64 Å². The van der Waals surface area contributed by atoms with Gasteiger partial charge in [-0.15, -0.1) is 0 Å². The van der Waals surface area contributed by atoms with Gasteiger partial charge in [0.15, 0.2) is 0 Å². The molecule has 1 heterocycles. The molecular formula is C11H10N2O2S. The Morgan fingerprint density at radius 3 is 3.00 bits per heavy atom. The van der Waals surface area contributed by atoms with E-state index in [1.54, 1.807) is 6.92 Å². The number of fused-ring (bicyclic) bond motifs is 1. The lowest BCUT2D eigenvalue weighted by molar-refractivity contribution is 0.153. The molecule has 0 aliphatic rings. The zero-order valence-corrected chi connectivity index (χ0v) is 9.53. The van der Waals surface area contributed by atoms with Gasteiger partial charge in [0, 0.05) is 5.39 Å². The molecule has 2 aromatic rings. The van der Waals surface area contributed by atoms with Crippen LogP contribution >= 0.6 is 12.2 Å². The minimum Gasteiger partial charge on any atom is -0.449 e. The molecule has 0 bridgehead atoms. The molecule has 1 aromatic carbocycles. The van der Waals surface area contributed by atoms with Crippen molar-refractivity contribution in [2.75, 3.05) is 6.61 Å². The summed E-state index contributed by atoms with van der Waals surface area (Å²) in [6.07, 6.45) is 0.897. The monoisotopic (exact) mass is 234 g/mol. The van der Waals surface area contributed by atoms with Crippen LogP contribution in [0.1, 0.15) is 6.92 Å². The fourth-order valence-electron chi connectivity index (χ4n) is 1.39. The zero-order valence-electron chi connectivity index (χ0n) is 8.71. The zero-order chi connectivity index (χ0) is 11.5. The van der Waals surface area contributed by atoms with E-state index in [9.17, 15) is 4.79 Å². The molecule has 5 heteroatoms. The number of ether oxygens (including phenoxy) is 1. The molecule has 0 radical (unpaired) electrons. The summed E-state index contributed by atoms with van der Waals surface area (Å²) in [4.78, 5) is 15.7. The molecule has 0 fully saturated rings. The fraction of sp³-hybridized carbons (Fsp3) is 0.182. The molecule has 0 aliphatic heterocycles. The summed E-state index contributed by atoms with van der Waals surface area (Å²) in [5.41, 5.74) is 0.771. The second kappa shape index (κ2) is 4.40. The first kappa shape index (κ1) is 10.8. The van der Waals surface area contributed by atoms with Crippen molar-refractivity contribution in [1.82, 2.24) is 9.55 Å². The Hall–Kier alpha value is -1.75. The van der Waals surface area contributed by atoms with E-state index in [0.29, 0.717) is 11.2 Å². The average molecular weight is 234 g/mol. The lowest BCUT2D eigenvalue weighted by atomic mass is 10.2. The van der Waals surface area contributed by atoms with Gasteiger partial charge in [-0.05, 0) is 19.1 Å². The molecule has 16 heavy (non-hydrogen) atoms. The van der Waals surface area contributed by atoms with Gasteiger partial charge in [0.1, 0.15) is 11.0 Å². The van der Waals surface area contributed by atoms with Crippen molar-refractivity contribution in [2.45, 2.75) is 6.92 Å². The first-order valence-corrected chi connectivity index (χ1v) is 5.28. The van der Waals surface area contributed by atoms with E-state index in [0.717, 1.165) is 10.9 Å². The largest absolute Gasteiger partial charge is 0.449 e. The van der Waals surface area contributed by atoms with Crippen LogP contribution in [-0.4, -0.2) is 22.3 Å². The summed E-state index contributed by atoms with van der Waals surface area (Å²) in [5, 5.41) is 0.771. The molecule has 2 rings (SSSR count). The third-order valence-corrected chi connectivity index (χ3v) is 2.55. The van der Waals surface area contributed by atoms with E-state index >= 15 is 0 Å². The SMILES string of the molecule is CCOC(=O)n1cnc2ccccc2c1=S. The van der Waals surface area contributed by atoms with Crippen molar-refractivity contribution in [3.63, 3.8) is 0 Å². The van der Waals surface area contributed by atoms with Gasteiger partial charge in [0.2, 0.25) is 0 Å². The normalized spacial score (nSPS) is 10.3. The minimum absolute atomic E-state index is 0.313. The van der Waals surface area contributed by atoms with Gasteiger partial charge in [-0.1, -0.05) is 24.4 Å². The summed E-state index contributed by atoms with van der Waals surface area (Å²) >= 11 is 5.21. The second-order valence-corrected chi connectivity index (χ2v) is 3.52. The molecule has 0 atom stereocenters. The fourth-order valence-corrected chi connectivity index (χ4v) is 1.69. The third-order valence-electron chi connectivity index (χ3n) is 2.13. The molecule has 82 valence electrons. The van der Waals surface area contributed by atoms with Crippen LogP contribution in [0.3, 0.4) is 0 Å². The Labute approximate surface area is 97.5 Å². The van der Waals surface area contributed by atoms with E-state index < -0.39 is 6.09 Å². The number of nitrogens with zero attached hydrogens (tertiary/aromatic N) is 2. The molecule has 0 amide bonds. The van der Waals surface area contributed by atoms with Crippen molar-refractivity contribution in [2.24, 2.45) is 0 Å². The van der Waals surface area contributed by atoms with Crippen molar-refractivity contribution < 1.29 is 9.53 Å². The number of rotatable bonds is 1. The number of para-hydroxylation sites is 1.